The van der Waals surface area contributed by atoms with Gasteiger partial charge in [0.2, 0.25) is 5.91 Å². The minimum Gasteiger partial charge on any atom is -0.396 e. The number of nitrogens with zero attached hydrogens (tertiary/aromatic N) is 1. The molecule has 0 aliphatic rings. The van der Waals surface area contributed by atoms with Crippen molar-refractivity contribution in [2.45, 2.75) is 39.2 Å². The van der Waals surface area contributed by atoms with Gasteiger partial charge in [0.15, 0.2) is 0 Å². The molecule has 0 fully saturated rings. The lowest BCUT2D eigenvalue weighted by atomic mass is 10.0. The normalized spacial score (nSPS) is 12.5. The van der Waals surface area contributed by atoms with Crippen LogP contribution in [0.25, 0.3) is 0 Å². The van der Waals surface area contributed by atoms with Crippen LogP contribution in [0.1, 0.15) is 44.7 Å². The molecule has 1 atom stereocenters. The summed E-state index contributed by atoms with van der Waals surface area (Å²) in [6.45, 7) is 4.33. The Hall–Kier alpha value is -1.35. The number of hydrogen-bond acceptors (Lipinski definition) is 2. The third-order valence-electron chi connectivity index (χ3n) is 3.38. The summed E-state index contributed by atoms with van der Waals surface area (Å²) in [5.41, 5.74) is 1.08. The van der Waals surface area contributed by atoms with Gasteiger partial charge in [0.25, 0.3) is 0 Å². The summed E-state index contributed by atoms with van der Waals surface area (Å²) in [5.74, 6) is 0.682. The first-order valence-electron chi connectivity index (χ1n) is 6.97. The van der Waals surface area contributed by atoms with Gasteiger partial charge in [0, 0.05) is 20.1 Å². The highest BCUT2D eigenvalue weighted by molar-refractivity contribution is 5.76. The molecule has 106 valence electrons. The van der Waals surface area contributed by atoms with Crippen molar-refractivity contribution in [3.05, 3.63) is 35.9 Å². The van der Waals surface area contributed by atoms with E-state index in [0.717, 1.165) is 12.0 Å². The van der Waals surface area contributed by atoms with Crippen molar-refractivity contribution in [1.29, 1.82) is 0 Å². The highest BCUT2D eigenvalue weighted by Crippen LogP contribution is 2.23. The molecule has 0 aliphatic heterocycles. The summed E-state index contributed by atoms with van der Waals surface area (Å²) in [6.07, 6.45) is 2.06. The number of aliphatic hydroxyl groups is 1. The van der Waals surface area contributed by atoms with Gasteiger partial charge in [-0.25, -0.2) is 0 Å². The summed E-state index contributed by atoms with van der Waals surface area (Å²) in [5, 5.41) is 9.21. The Morgan fingerprint density at radius 3 is 2.37 bits per heavy atom. The van der Waals surface area contributed by atoms with Crippen LogP contribution in [0.2, 0.25) is 0 Å². The van der Waals surface area contributed by atoms with Crippen LogP contribution in [0.3, 0.4) is 0 Å². The zero-order chi connectivity index (χ0) is 14.3. The molecule has 1 aromatic carbocycles. The lowest BCUT2D eigenvalue weighted by Gasteiger charge is -2.28. The van der Waals surface area contributed by atoms with E-state index in [1.165, 1.54) is 0 Å². The van der Waals surface area contributed by atoms with Crippen molar-refractivity contribution < 1.29 is 9.90 Å². The summed E-state index contributed by atoms with van der Waals surface area (Å²) in [6, 6.07) is 9.86. The molecule has 0 bridgehead atoms. The van der Waals surface area contributed by atoms with Crippen molar-refractivity contribution in [3.63, 3.8) is 0 Å². The zero-order valence-corrected chi connectivity index (χ0v) is 12.2. The average Bonchev–Trinajstić information content (AvgIpc) is 2.42. The lowest BCUT2D eigenvalue weighted by Crippen LogP contribution is -2.31. The number of carbonyl (C=O) groups is 1. The van der Waals surface area contributed by atoms with E-state index in [2.05, 4.69) is 13.8 Å². The Morgan fingerprint density at radius 1 is 1.21 bits per heavy atom. The van der Waals surface area contributed by atoms with Crippen LogP contribution in [-0.4, -0.2) is 29.6 Å². The fourth-order valence-electron chi connectivity index (χ4n) is 2.14. The highest BCUT2D eigenvalue weighted by atomic mass is 16.3. The highest BCUT2D eigenvalue weighted by Gasteiger charge is 2.20. The van der Waals surface area contributed by atoms with Gasteiger partial charge in [0.05, 0.1) is 6.04 Å². The molecule has 0 saturated heterocycles. The molecule has 0 spiro atoms. The van der Waals surface area contributed by atoms with E-state index in [9.17, 15) is 9.90 Å². The van der Waals surface area contributed by atoms with E-state index in [0.29, 0.717) is 18.8 Å². The molecule has 0 heterocycles. The van der Waals surface area contributed by atoms with Gasteiger partial charge in [-0.3, -0.25) is 4.79 Å². The minimum absolute atomic E-state index is 0.0362. The quantitative estimate of drug-likeness (QED) is 0.821. The number of carbonyl (C=O) groups excluding carboxylic acids is 1. The second kappa shape index (κ2) is 7.95. The van der Waals surface area contributed by atoms with E-state index in [-0.39, 0.29) is 18.6 Å². The molecule has 3 heteroatoms. The maximum atomic E-state index is 12.2. The summed E-state index contributed by atoms with van der Waals surface area (Å²) < 4.78 is 0. The average molecular weight is 263 g/mol. The number of hydrogen-bond donors (Lipinski definition) is 1. The first-order valence-corrected chi connectivity index (χ1v) is 6.97. The summed E-state index contributed by atoms with van der Waals surface area (Å²) in [4.78, 5) is 14.0. The van der Waals surface area contributed by atoms with Crippen LogP contribution in [0.4, 0.5) is 0 Å². The number of aliphatic hydroxyl groups excluding tert-OH is 1. The molecule has 1 unspecified atom stereocenters. The largest absolute Gasteiger partial charge is 0.396 e. The lowest BCUT2D eigenvalue weighted by molar-refractivity contribution is -0.132. The predicted octanol–water partition coefficient (Wildman–Crippen LogP) is 3.00. The van der Waals surface area contributed by atoms with Gasteiger partial charge >= 0.3 is 0 Å². The molecule has 0 aromatic heterocycles. The van der Waals surface area contributed by atoms with Crippen molar-refractivity contribution in [1.82, 2.24) is 4.90 Å². The monoisotopic (exact) mass is 263 g/mol. The van der Waals surface area contributed by atoms with Crippen molar-refractivity contribution in [3.8, 4) is 0 Å². The first-order chi connectivity index (χ1) is 9.06. The zero-order valence-electron chi connectivity index (χ0n) is 12.2. The standard InChI is InChI=1S/C16H25NO2/c1-13(2)9-10-16(19)17(3)15(11-12-18)14-7-5-4-6-8-14/h4-8,13,15,18H,9-12H2,1-3H3. The van der Waals surface area contributed by atoms with Crippen LogP contribution in [-0.2, 0) is 4.79 Å². The predicted molar refractivity (Wildman–Crippen MR) is 77.7 cm³/mol. The molecule has 0 radical (unpaired) electrons. The van der Waals surface area contributed by atoms with Crippen molar-refractivity contribution >= 4 is 5.91 Å². The van der Waals surface area contributed by atoms with Gasteiger partial charge in [-0.2, -0.15) is 0 Å². The van der Waals surface area contributed by atoms with Gasteiger partial charge in [-0.15, -0.1) is 0 Å². The van der Waals surface area contributed by atoms with Crippen molar-refractivity contribution in [2.75, 3.05) is 13.7 Å². The molecule has 0 saturated carbocycles. The molecular formula is C16H25NO2. The molecular weight excluding hydrogens is 238 g/mol. The second-order valence-electron chi connectivity index (χ2n) is 5.38. The smallest absolute Gasteiger partial charge is 0.222 e. The minimum atomic E-state index is -0.0362. The molecule has 19 heavy (non-hydrogen) atoms. The Balaban J connectivity index is 2.73. The van der Waals surface area contributed by atoms with Gasteiger partial charge in [0.1, 0.15) is 0 Å². The van der Waals surface area contributed by atoms with E-state index in [1.54, 1.807) is 4.90 Å². The van der Waals surface area contributed by atoms with E-state index < -0.39 is 0 Å². The molecule has 1 amide bonds. The fraction of sp³-hybridized carbons (Fsp3) is 0.562. The third kappa shape index (κ3) is 5.03. The van der Waals surface area contributed by atoms with Crippen LogP contribution < -0.4 is 0 Å². The Kier molecular flexibility index (Phi) is 6.57. The number of rotatable bonds is 7. The van der Waals surface area contributed by atoms with Crippen molar-refractivity contribution in [2.24, 2.45) is 5.92 Å². The van der Waals surface area contributed by atoms with Gasteiger partial charge < -0.3 is 10.0 Å². The van der Waals surface area contributed by atoms with Crippen LogP contribution in [0.15, 0.2) is 30.3 Å². The Morgan fingerprint density at radius 2 is 1.84 bits per heavy atom. The Bertz CT molecular complexity index is 376. The van der Waals surface area contributed by atoms with E-state index in [4.69, 9.17) is 0 Å². The molecule has 1 rings (SSSR count). The molecule has 3 nitrogen and oxygen atoms in total. The Labute approximate surface area is 116 Å². The number of benzene rings is 1. The van der Waals surface area contributed by atoms with E-state index in [1.807, 2.05) is 37.4 Å². The van der Waals surface area contributed by atoms with Crippen LogP contribution in [0, 0.1) is 5.92 Å². The van der Waals surface area contributed by atoms with E-state index >= 15 is 0 Å². The first kappa shape index (κ1) is 15.7. The molecule has 1 N–H and O–H groups in total. The molecule has 1 aromatic rings. The second-order valence-corrected chi connectivity index (χ2v) is 5.38. The van der Waals surface area contributed by atoms with Crippen LogP contribution in [0.5, 0.6) is 0 Å². The maximum Gasteiger partial charge on any atom is 0.222 e. The van der Waals surface area contributed by atoms with Gasteiger partial charge in [-0.1, -0.05) is 44.2 Å². The third-order valence-corrected chi connectivity index (χ3v) is 3.38. The maximum absolute atomic E-state index is 12.2. The number of amides is 1. The fourth-order valence-corrected chi connectivity index (χ4v) is 2.14. The van der Waals surface area contributed by atoms with Crippen LogP contribution >= 0.6 is 0 Å². The van der Waals surface area contributed by atoms with Gasteiger partial charge in [-0.05, 0) is 24.3 Å². The summed E-state index contributed by atoms with van der Waals surface area (Å²) >= 11 is 0. The SMILES string of the molecule is CC(C)CCC(=O)N(C)C(CCO)c1ccccc1. The summed E-state index contributed by atoms with van der Waals surface area (Å²) in [7, 11) is 1.83. The molecule has 0 aliphatic carbocycles. The topological polar surface area (TPSA) is 40.5 Å².